The van der Waals surface area contributed by atoms with E-state index in [1.807, 2.05) is 18.2 Å². The van der Waals surface area contributed by atoms with Gasteiger partial charge in [0.15, 0.2) is 5.54 Å². The number of hydrogen-bond donors (Lipinski definition) is 0. The van der Waals surface area contributed by atoms with Crippen LogP contribution in [0.1, 0.15) is 23.6 Å². The summed E-state index contributed by atoms with van der Waals surface area (Å²) < 4.78 is 9.50. The molecule has 3 fully saturated rings. The highest BCUT2D eigenvalue weighted by Gasteiger charge is 2.75. The van der Waals surface area contributed by atoms with E-state index in [4.69, 9.17) is 9.47 Å². The van der Waals surface area contributed by atoms with E-state index in [1.54, 1.807) is 12.3 Å². The second-order valence-corrected chi connectivity index (χ2v) is 6.27. The molecule has 4 aliphatic heterocycles. The van der Waals surface area contributed by atoms with E-state index in [0.717, 1.165) is 11.1 Å². The minimum Gasteiger partial charge on any atom is -0.393 e. The van der Waals surface area contributed by atoms with Crippen molar-refractivity contribution < 1.29 is 28.7 Å². The first kappa shape index (κ1) is 13.4. The zero-order chi connectivity index (χ0) is 16.6. The monoisotopic (exact) mass is 326 g/mol. The Morgan fingerprint density at radius 1 is 1.08 bits per heavy atom. The molecule has 0 aliphatic carbocycles. The smallest absolute Gasteiger partial charge is 0.342 e. The SMILES string of the molecule is O=C1CC2(C(=O)O1)C1C(=O)OC(=O)C1C1c3ccccc3C=NN12. The number of carbonyl (C=O) groups is 4. The summed E-state index contributed by atoms with van der Waals surface area (Å²) in [4.78, 5) is 48.8. The predicted molar refractivity (Wildman–Crippen MR) is 75.1 cm³/mol. The highest BCUT2D eigenvalue weighted by Crippen LogP contribution is 2.58. The van der Waals surface area contributed by atoms with Crippen molar-refractivity contribution in [3.8, 4) is 0 Å². The molecule has 4 unspecified atom stereocenters. The van der Waals surface area contributed by atoms with Gasteiger partial charge in [-0.2, -0.15) is 5.10 Å². The van der Waals surface area contributed by atoms with Crippen molar-refractivity contribution >= 4 is 30.1 Å². The van der Waals surface area contributed by atoms with E-state index in [-0.39, 0.29) is 6.42 Å². The number of nitrogens with zero attached hydrogens (tertiary/aromatic N) is 2. The molecule has 5 rings (SSSR count). The Kier molecular flexibility index (Phi) is 2.28. The first-order valence-corrected chi connectivity index (χ1v) is 7.47. The lowest BCUT2D eigenvalue weighted by Crippen LogP contribution is -2.52. The Morgan fingerprint density at radius 3 is 2.62 bits per heavy atom. The molecule has 4 aliphatic rings. The number of hydrogen-bond acceptors (Lipinski definition) is 8. The summed E-state index contributed by atoms with van der Waals surface area (Å²) >= 11 is 0. The van der Waals surface area contributed by atoms with Gasteiger partial charge in [0.25, 0.3) is 0 Å². The molecule has 4 heterocycles. The van der Waals surface area contributed by atoms with E-state index in [2.05, 4.69) is 5.10 Å². The van der Waals surface area contributed by atoms with Crippen LogP contribution >= 0.6 is 0 Å². The minimum absolute atomic E-state index is 0.328. The van der Waals surface area contributed by atoms with Crippen molar-refractivity contribution in [3.63, 3.8) is 0 Å². The van der Waals surface area contributed by atoms with E-state index in [9.17, 15) is 19.2 Å². The van der Waals surface area contributed by atoms with E-state index < -0.39 is 47.3 Å². The number of ether oxygens (including phenoxy) is 2. The average molecular weight is 326 g/mol. The molecule has 24 heavy (non-hydrogen) atoms. The number of rotatable bonds is 0. The zero-order valence-electron chi connectivity index (χ0n) is 12.2. The lowest BCUT2D eigenvalue weighted by molar-refractivity contribution is -0.163. The maximum atomic E-state index is 12.5. The summed E-state index contributed by atoms with van der Waals surface area (Å²) in [6.45, 7) is 0. The summed E-state index contributed by atoms with van der Waals surface area (Å²) in [7, 11) is 0. The minimum atomic E-state index is -1.61. The fourth-order valence-corrected chi connectivity index (χ4v) is 4.31. The van der Waals surface area contributed by atoms with Crippen LogP contribution in [0.5, 0.6) is 0 Å². The second-order valence-electron chi connectivity index (χ2n) is 6.27. The van der Waals surface area contributed by atoms with E-state index >= 15 is 0 Å². The molecule has 1 aromatic rings. The van der Waals surface area contributed by atoms with Crippen LogP contribution in [-0.4, -0.2) is 40.6 Å². The van der Waals surface area contributed by atoms with Crippen LogP contribution < -0.4 is 0 Å². The van der Waals surface area contributed by atoms with Crippen molar-refractivity contribution in [2.24, 2.45) is 16.9 Å². The third-order valence-corrected chi connectivity index (χ3v) is 5.22. The maximum Gasteiger partial charge on any atom is 0.342 e. The van der Waals surface area contributed by atoms with Crippen LogP contribution in [0.3, 0.4) is 0 Å². The Hall–Kier alpha value is -3.03. The van der Waals surface area contributed by atoms with Gasteiger partial charge in [0, 0.05) is 0 Å². The molecule has 0 radical (unpaired) electrons. The van der Waals surface area contributed by atoms with Gasteiger partial charge >= 0.3 is 23.9 Å². The maximum absolute atomic E-state index is 12.5. The third kappa shape index (κ3) is 1.33. The van der Waals surface area contributed by atoms with E-state index in [0.29, 0.717) is 0 Å². The topological polar surface area (TPSA) is 102 Å². The summed E-state index contributed by atoms with van der Waals surface area (Å²) in [5.74, 6) is -5.09. The molecule has 120 valence electrons. The predicted octanol–water partition coefficient (Wildman–Crippen LogP) is -0.0811. The van der Waals surface area contributed by atoms with Gasteiger partial charge in [-0.3, -0.25) is 19.4 Å². The van der Waals surface area contributed by atoms with Crippen LogP contribution in [-0.2, 0) is 28.7 Å². The number of benzene rings is 1. The molecular weight excluding hydrogens is 316 g/mol. The number of cyclic esters (lactones) is 4. The van der Waals surface area contributed by atoms with Gasteiger partial charge in [0.2, 0.25) is 0 Å². The summed E-state index contributed by atoms with van der Waals surface area (Å²) in [5.41, 5.74) is -0.0581. The Labute approximate surface area is 135 Å². The van der Waals surface area contributed by atoms with Crippen molar-refractivity contribution in [1.29, 1.82) is 0 Å². The molecule has 1 aromatic carbocycles. The van der Waals surface area contributed by atoms with Gasteiger partial charge in [-0.25, -0.2) is 4.79 Å². The average Bonchev–Trinajstić information content (AvgIpc) is 3.13. The Balaban J connectivity index is 1.78. The highest BCUT2D eigenvalue weighted by atomic mass is 16.6. The molecule has 0 amide bonds. The largest absolute Gasteiger partial charge is 0.393 e. The van der Waals surface area contributed by atoms with Gasteiger partial charge in [-0.1, -0.05) is 24.3 Å². The normalized spacial score (nSPS) is 35.8. The van der Waals surface area contributed by atoms with Gasteiger partial charge in [0.05, 0.1) is 24.6 Å². The molecule has 4 atom stereocenters. The van der Waals surface area contributed by atoms with Crippen molar-refractivity contribution in [2.75, 3.05) is 0 Å². The fourth-order valence-electron chi connectivity index (χ4n) is 4.31. The van der Waals surface area contributed by atoms with Crippen molar-refractivity contribution in [2.45, 2.75) is 18.0 Å². The first-order valence-electron chi connectivity index (χ1n) is 7.47. The molecule has 3 saturated heterocycles. The van der Waals surface area contributed by atoms with Crippen LogP contribution in [0.4, 0.5) is 0 Å². The lowest BCUT2D eigenvalue weighted by Gasteiger charge is -2.36. The second kappa shape index (κ2) is 4.08. The number of carbonyl (C=O) groups excluding carboxylic acids is 4. The molecule has 0 N–H and O–H groups in total. The van der Waals surface area contributed by atoms with Crippen LogP contribution in [0, 0.1) is 11.8 Å². The standard InChI is InChI=1S/C16H10N2O6/c19-9-5-16(15(22)23-9)11-10(13(20)24-14(11)21)12-8-4-2-1-3-7(8)6-17-18(12)16/h1-4,6,10-12H,5H2. The first-order chi connectivity index (χ1) is 11.5. The summed E-state index contributed by atoms with van der Waals surface area (Å²) in [6.07, 6.45) is 1.23. The van der Waals surface area contributed by atoms with Crippen LogP contribution in [0.25, 0.3) is 0 Å². The number of fused-ring (bicyclic) bond motifs is 7. The molecule has 8 nitrogen and oxygen atoms in total. The molecule has 0 aromatic heterocycles. The molecule has 0 saturated carbocycles. The zero-order valence-corrected chi connectivity index (χ0v) is 12.2. The third-order valence-electron chi connectivity index (χ3n) is 5.22. The number of esters is 4. The summed E-state index contributed by atoms with van der Waals surface area (Å²) in [5, 5.41) is 5.70. The molecule has 0 bridgehead atoms. The van der Waals surface area contributed by atoms with Crippen molar-refractivity contribution in [1.82, 2.24) is 5.01 Å². The van der Waals surface area contributed by atoms with Crippen LogP contribution in [0.2, 0.25) is 0 Å². The lowest BCUT2D eigenvalue weighted by atomic mass is 9.78. The van der Waals surface area contributed by atoms with Gasteiger partial charge in [0.1, 0.15) is 5.92 Å². The quantitative estimate of drug-likeness (QED) is 0.485. The number of hydrazone groups is 1. The van der Waals surface area contributed by atoms with E-state index in [1.165, 1.54) is 5.01 Å². The molecule has 1 spiro atoms. The molecular formula is C16H10N2O6. The van der Waals surface area contributed by atoms with Crippen LogP contribution in [0.15, 0.2) is 29.4 Å². The highest BCUT2D eigenvalue weighted by molar-refractivity contribution is 6.09. The van der Waals surface area contributed by atoms with Gasteiger partial charge < -0.3 is 9.47 Å². The Morgan fingerprint density at radius 2 is 1.88 bits per heavy atom. The fraction of sp³-hybridized carbons (Fsp3) is 0.312. The molecule has 8 heteroatoms. The van der Waals surface area contributed by atoms with Crippen molar-refractivity contribution in [3.05, 3.63) is 35.4 Å². The van der Waals surface area contributed by atoms with Gasteiger partial charge in [-0.05, 0) is 11.1 Å². The Bertz CT molecular complexity index is 877. The van der Waals surface area contributed by atoms with Gasteiger partial charge in [-0.15, -0.1) is 0 Å². The summed E-state index contributed by atoms with van der Waals surface area (Å²) in [6, 6.07) is 6.63.